The van der Waals surface area contributed by atoms with Gasteiger partial charge in [-0.3, -0.25) is 0 Å². The maximum atomic E-state index is 10.8. The van der Waals surface area contributed by atoms with Crippen molar-refractivity contribution in [1.82, 2.24) is 9.97 Å². The molecule has 23 heavy (non-hydrogen) atoms. The summed E-state index contributed by atoms with van der Waals surface area (Å²) in [5, 5.41) is 3.55. The maximum absolute atomic E-state index is 10.8. The number of benzene rings is 1. The van der Waals surface area contributed by atoms with Gasteiger partial charge in [0.05, 0.1) is 5.75 Å². The average Bonchev–Trinajstić information content (AvgIpc) is 3.01. The molecule has 1 N–H and O–H groups in total. The van der Waals surface area contributed by atoms with Crippen LogP contribution in [0, 0.1) is 6.92 Å². The third-order valence-electron chi connectivity index (χ3n) is 4.18. The van der Waals surface area contributed by atoms with Crippen molar-refractivity contribution in [2.75, 3.05) is 5.32 Å². The molecule has 2 aromatic rings. The van der Waals surface area contributed by atoms with Crippen molar-refractivity contribution in [2.24, 2.45) is 0 Å². The molecule has 1 heterocycles. The fraction of sp³-hybridized carbons (Fsp3) is 0.412. The summed E-state index contributed by atoms with van der Waals surface area (Å²) in [4.78, 5) is 8.88. The highest BCUT2D eigenvalue weighted by Crippen LogP contribution is 2.29. The quantitative estimate of drug-likeness (QED) is 0.824. The summed E-state index contributed by atoms with van der Waals surface area (Å²) in [6.07, 6.45) is 6.72. The molecule has 0 spiro atoms. The maximum Gasteiger partial charge on any atom is 0.144 e. The molecule has 5 nitrogen and oxygen atoms in total. The summed E-state index contributed by atoms with van der Waals surface area (Å²) in [5.74, 6) is 1.69. The number of thiol groups is 1. The van der Waals surface area contributed by atoms with Crippen molar-refractivity contribution >= 4 is 16.5 Å². The van der Waals surface area contributed by atoms with E-state index in [9.17, 15) is 8.42 Å². The Morgan fingerprint density at radius 3 is 2.52 bits per heavy atom. The van der Waals surface area contributed by atoms with Crippen LogP contribution in [0.2, 0.25) is 0 Å². The Bertz CT molecular complexity index is 743. The molecular weight excluding hydrogens is 310 g/mol. The summed E-state index contributed by atoms with van der Waals surface area (Å²) in [6.45, 7) is 1.89. The van der Waals surface area contributed by atoms with Crippen molar-refractivity contribution in [3.63, 3.8) is 0 Å². The van der Waals surface area contributed by atoms with E-state index in [1.165, 1.54) is 25.7 Å². The van der Waals surface area contributed by atoms with Gasteiger partial charge in [-0.15, -0.1) is 0 Å². The van der Waals surface area contributed by atoms with Crippen LogP contribution in [0.3, 0.4) is 0 Å². The van der Waals surface area contributed by atoms with Gasteiger partial charge in [0, 0.05) is 17.8 Å². The lowest BCUT2D eigenvalue weighted by atomic mass is 10.1. The summed E-state index contributed by atoms with van der Waals surface area (Å²) >= 11 is 0. The third-order valence-corrected chi connectivity index (χ3v) is 4.81. The second-order valence-corrected chi connectivity index (χ2v) is 6.97. The van der Waals surface area contributed by atoms with Crippen LogP contribution < -0.4 is 5.32 Å². The smallest absolute Gasteiger partial charge is 0.144 e. The van der Waals surface area contributed by atoms with Crippen LogP contribution >= 0.6 is 0 Å². The van der Waals surface area contributed by atoms with Gasteiger partial charge in [-0.1, -0.05) is 37.1 Å². The van der Waals surface area contributed by atoms with Crippen LogP contribution in [-0.2, 0) is 16.5 Å². The zero-order valence-electron chi connectivity index (χ0n) is 13.2. The van der Waals surface area contributed by atoms with Gasteiger partial charge in [-0.25, -0.2) is 18.4 Å². The van der Waals surface area contributed by atoms with Crippen LogP contribution in [0.1, 0.15) is 37.1 Å². The number of rotatable bonds is 5. The van der Waals surface area contributed by atoms with E-state index >= 15 is 0 Å². The van der Waals surface area contributed by atoms with Gasteiger partial charge >= 0.3 is 0 Å². The Kier molecular flexibility index (Phi) is 4.91. The predicted molar refractivity (Wildman–Crippen MR) is 92.1 cm³/mol. The third kappa shape index (κ3) is 4.07. The molecule has 122 valence electrons. The lowest BCUT2D eigenvalue weighted by molar-refractivity contribution is 0.614. The lowest BCUT2D eigenvalue weighted by Crippen LogP contribution is -2.16. The molecule has 1 fully saturated rings. The van der Waals surface area contributed by atoms with Gasteiger partial charge in [0.2, 0.25) is 0 Å². The first-order valence-corrected chi connectivity index (χ1v) is 9.29. The molecule has 1 aromatic carbocycles. The Hall–Kier alpha value is -1.95. The number of hydrogen-bond acceptors (Lipinski definition) is 5. The van der Waals surface area contributed by atoms with E-state index in [1.807, 2.05) is 37.4 Å². The highest BCUT2D eigenvalue weighted by molar-refractivity contribution is 7.71. The van der Waals surface area contributed by atoms with E-state index in [-0.39, 0.29) is 5.75 Å². The molecule has 0 aliphatic heterocycles. The molecule has 0 amide bonds. The molecule has 0 atom stereocenters. The van der Waals surface area contributed by atoms with Crippen LogP contribution in [0.5, 0.6) is 0 Å². The Labute approximate surface area is 138 Å². The molecule has 3 rings (SSSR count). The summed E-state index contributed by atoms with van der Waals surface area (Å²) in [5.41, 5.74) is 2.75. The van der Waals surface area contributed by atoms with E-state index in [0.717, 1.165) is 28.3 Å². The van der Waals surface area contributed by atoms with Gasteiger partial charge in [0.25, 0.3) is 0 Å². The van der Waals surface area contributed by atoms with Gasteiger partial charge in [-0.05, 0) is 30.9 Å². The molecule has 0 radical (unpaired) electrons. The molecule has 6 heteroatoms. The molecule has 1 saturated carbocycles. The average molecular weight is 331 g/mol. The van der Waals surface area contributed by atoms with Gasteiger partial charge in [-0.2, -0.15) is 0 Å². The van der Waals surface area contributed by atoms with Crippen molar-refractivity contribution in [2.45, 2.75) is 44.4 Å². The number of anilines is 1. The van der Waals surface area contributed by atoms with Gasteiger partial charge < -0.3 is 5.32 Å². The molecule has 0 bridgehead atoms. The van der Waals surface area contributed by atoms with Crippen molar-refractivity contribution in [3.8, 4) is 11.1 Å². The number of nitrogens with one attached hydrogen (secondary N) is 1. The van der Waals surface area contributed by atoms with Crippen molar-refractivity contribution in [3.05, 3.63) is 41.9 Å². The van der Waals surface area contributed by atoms with Crippen LogP contribution in [0.4, 0.5) is 5.82 Å². The van der Waals surface area contributed by atoms with E-state index in [2.05, 4.69) is 15.3 Å². The molecule has 1 aliphatic rings. The van der Waals surface area contributed by atoms with E-state index in [1.54, 1.807) is 0 Å². The minimum absolute atomic E-state index is 0.0766. The van der Waals surface area contributed by atoms with Crippen molar-refractivity contribution < 1.29 is 8.42 Å². The molecule has 1 aliphatic carbocycles. The first kappa shape index (κ1) is 15.9. The summed E-state index contributed by atoms with van der Waals surface area (Å²) in [6, 6.07) is 8.04. The standard InChI is InChI=1S/C17H21N3O2S/c1-12-18-10-16(17(19-12)20-15-4-2-3-5-15)14-8-6-13(7-9-14)11-23(21)22/h6-10,15,23H,2-5,11H2,1H3,(H,18,19,20). The predicted octanol–water partition coefficient (Wildman–Crippen LogP) is 2.92. The fourth-order valence-corrected chi connectivity index (χ4v) is 3.50. The lowest BCUT2D eigenvalue weighted by Gasteiger charge is -2.16. The highest BCUT2D eigenvalue weighted by atomic mass is 32.2. The summed E-state index contributed by atoms with van der Waals surface area (Å²) < 4.78 is 21.6. The zero-order chi connectivity index (χ0) is 16.2. The SMILES string of the molecule is Cc1ncc(-c2ccc(C[SH](=O)=O)cc2)c(NC2CCCC2)n1. The van der Waals surface area contributed by atoms with E-state index in [0.29, 0.717) is 6.04 Å². The fourth-order valence-electron chi connectivity index (χ4n) is 2.99. The number of aromatic nitrogens is 2. The largest absolute Gasteiger partial charge is 0.367 e. The monoisotopic (exact) mass is 331 g/mol. The molecular formula is C17H21N3O2S. The minimum Gasteiger partial charge on any atom is -0.367 e. The Balaban J connectivity index is 1.88. The molecule has 0 unspecified atom stereocenters. The first-order valence-electron chi connectivity index (χ1n) is 7.93. The molecule has 0 saturated heterocycles. The molecule has 1 aromatic heterocycles. The van der Waals surface area contributed by atoms with E-state index in [4.69, 9.17) is 0 Å². The van der Waals surface area contributed by atoms with Crippen LogP contribution in [-0.4, -0.2) is 24.4 Å². The number of nitrogens with zero attached hydrogens (tertiary/aromatic N) is 2. The van der Waals surface area contributed by atoms with Gasteiger partial charge in [0.15, 0.2) is 0 Å². The van der Waals surface area contributed by atoms with Crippen molar-refractivity contribution in [1.29, 1.82) is 0 Å². The normalized spacial score (nSPS) is 15.2. The van der Waals surface area contributed by atoms with Crippen LogP contribution in [0.15, 0.2) is 30.5 Å². The Morgan fingerprint density at radius 2 is 1.87 bits per heavy atom. The topological polar surface area (TPSA) is 72.0 Å². The highest BCUT2D eigenvalue weighted by Gasteiger charge is 2.17. The Morgan fingerprint density at radius 1 is 1.17 bits per heavy atom. The second kappa shape index (κ2) is 7.08. The van der Waals surface area contributed by atoms with E-state index < -0.39 is 10.7 Å². The number of hydrogen-bond donors (Lipinski definition) is 2. The van der Waals surface area contributed by atoms with Gasteiger partial charge in [0.1, 0.15) is 22.3 Å². The summed E-state index contributed by atoms with van der Waals surface area (Å²) in [7, 11) is -2.40. The number of aryl methyl sites for hydroxylation is 1. The minimum atomic E-state index is -2.40. The second-order valence-electron chi connectivity index (χ2n) is 5.99. The van der Waals surface area contributed by atoms with Crippen LogP contribution in [0.25, 0.3) is 11.1 Å². The first-order chi connectivity index (χ1) is 11.1. The zero-order valence-corrected chi connectivity index (χ0v) is 14.1.